The molecule has 0 bridgehead atoms. The van der Waals surface area contributed by atoms with Gasteiger partial charge in [0.25, 0.3) is 0 Å². The molecule has 0 unspecified atom stereocenters. The molecule has 0 saturated heterocycles. The molecule has 0 saturated carbocycles. The Bertz CT molecular complexity index is 859. The Balaban J connectivity index is 2.34. The molecule has 0 radical (unpaired) electrons. The predicted molar refractivity (Wildman–Crippen MR) is 85.2 cm³/mol. The van der Waals surface area contributed by atoms with E-state index in [1.165, 1.54) is 24.4 Å². The lowest BCUT2D eigenvalue weighted by atomic mass is 10.3. The van der Waals surface area contributed by atoms with Gasteiger partial charge in [-0.15, -0.1) is 0 Å². The van der Waals surface area contributed by atoms with E-state index in [0.29, 0.717) is 15.7 Å². The number of hydrogen-bond donors (Lipinski definition) is 1. The van der Waals surface area contributed by atoms with Crippen LogP contribution in [0.5, 0.6) is 0 Å². The lowest BCUT2D eigenvalue weighted by Crippen LogP contribution is -2.07. The van der Waals surface area contributed by atoms with E-state index in [4.69, 9.17) is 28.5 Å². The van der Waals surface area contributed by atoms with Gasteiger partial charge in [-0.2, -0.15) is 5.26 Å². The summed E-state index contributed by atoms with van der Waals surface area (Å²) in [4.78, 5) is 3.28. The third-order valence-corrected chi connectivity index (χ3v) is 4.73. The zero-order valence-corrected chi connectivity index (χ0v) is 13.3. The summed E-state index contributed by atoms with van der Waals surface area (Å²) in [6.07, 6.45) is 2.41. The van der Waals surface area contributed by atoms with Crippen LogP contribution in [0, 0.1) is 11.3 Å². The number of aromatic nitrogens is 1. The molecule has 8 heteroatoms. The zero-order chi connectivity index (χ0) is 16.2. The van der Waals surface area contributed by atoms with Crippen LogP contribution in [0.3, 0.4) is 0 Å². The third-order valence-electron chi connectivity index (χ3n) is 2.60. The van der Waals surface area contributed by atoms with Gasteiger partial charge in [0.05, 0.1) is 10.7 Å². The van der Waals surface area contributed by atoms with Crippen LogP contribution in [0.1, 0.15) is 0 Å². The van der Waals surface area contributed by atoms with Gasteiger partial charge in [-0.3, -0.25) is 0 Å². The lowest BCUT2D eigenvalue weighted by molar-refractivity contribution is 0.599. The van der Waals surface area contributed by atoms with Crippen LogP contribution in [-0.2, 0) is 9.84 Å². The molecule has 22 heavy (non-hydrogen) atoms. The van der Waals surface area contributed by atoms with Gasteiger partial charge in [-0.05, 0) is 30.3 Å². The van der Waals surface area contributed by atoms with Crippen molar-refractivity contribution in [2.24, 2.45) is 0 Å². The molecule has 1 aromatic carbocycles. The fourth-order valence-corrected chi connectivity index (χ4v) is 3.02. The molecule has 0 aliphatic heterocycles. The second-order valence-corrected chi connectivity index (χ2v) is 6.77. The van der Waals surface area contributed by atoms with Gasteiger partial charge in [-0.25, -0.2) is 13.4 Å². The smallest absolute Gasteiger partial charge is 0.235 e. The average molecular weight is 354 g/mol. The molecule has 0 aliphatic carbocycles. The van der Waals surface area contributed by atoms with E-state index in [2.05, 4.69) is 10.3 Å². The molecular formula is C14H9Cl2N3O2S. The van der Waals surface area contributed by atoms with E-state index < -0.39 is 14.7 Å². The molecule has 1 heterocycles. The van der Waals surface area contributed by atoms with Crippen LogP contribution in [0.2, 0.25) is 10.0 Å². The second kappa shape index (κ2) is 6.79. The quantitative estimate of drug-likeness (QED) is 0.848. The van der Waals surface area contributed by atoms with E-state index in [-0.39, 0.29) is 5.03 Å². The van der Waals surface area contributed by atoms with Gasteiger partial charge in [0.15, 0.2) is 9.93 Å². The van der Waals surface area contributed by atoms with E-state index in [0.717, 1.165) is 6.20 Å². The van der Waals surface area contributed by atoms with Crippen molar-refractivity contribution in [3.05, 3.63) is 63.7 Å². The number of benzene rings is 1. The van der Waals surface area contributed by atoms with Crippen LogP contribution in [0.15, 0.2) is 58.7 Å². The fraction of sp³-hybridized carbons (Fsp3) is 0. The summed E-state index contributed by atoms with van der Waals surface area (Å²) >= 11 is 11.7. The number of rotatable bonds is 4. The maximum absolute atomic E-state index is 12.3. The number of sulfone groups is 1. The molecule has 0 fully saturated rings. The standard InChI is InChI=1S/C14H9Cl2N3O2S/c15-10-4-5-13(12(16)7-10)19-9-11(8-17)22(20,21)14-3-1-2-6-18-14/h1-7,9,19H. The van der Waals surface area contributed by atoms with Crippen molar-refractivity contribution < 1.29 is 8.42 Å². The highest BCUT2D eigenvalue weighted by Gasteiger charge is 2.21. The normalized spacial score (nSPS) is 11.8. The number of pyridine rings is 1. The lowest BCUT2D eigenvalue weighted by Gasteiger charge is -2.06. The predicted octanol–water partition coefficient (Wildman–Crippen LogP) is 3.64. The Kier molecular flexibility index (Phi) is 5.03. The average Bonchev–Trinajstić information content (AvgIpc) is 2.50. The molecule has 2 aromatic rings. The highest BCUT2D eigenvalue weighted by atomic mass is 35.5. The van der Waals surface area contributed by atoms with Crippen molar-refractivity contribution in [3.8, 4) is 6.07 Å². The minimum Gasteiger partial charge on any atom is -0.359 e. The molecule has 0 aliphatic rings. The Morgan fingerprint density at radius 2 is 2.05 bits per heavy atom. The fourth-order valence-electron chi connectivity index (χ4n) is 1.54. The maximum Gasteiger partial charge on any atom is 0.235 e. The minimum atomic E-state index is -3.99. The summed E-state index contributed by atoms with van der Waals surface area (Å²) < 4.78 is 24.6. The molecule has 5 nitrogen and oxygen atoms in total. The highest BCUT2D eigenvalue weighted by molar-refractivity contribution is 7.95. The Hall–Kier alpha value is -2.07. The molecular weight excluding hydrogens is 345 g/mol. The summed E-state index contributed by atoms with van der Waals surface area (Å²) in [6, 6.07) is 10.7. The van der Waals surface area contributed by atoms with Crippen LogP contribution in [0.4, 0.5) is 5.69 Å². The molecule has 0 amide bonds. The molecule has 0 spiro atoms. The Labute approximate surface area is 137 Å². The molecule has 1 N–H and O–H groups in total. The number of nitrogens with zero attached hydrogens (tertiary/aromatic N) is 2. The van der Waals surface area contributed by atoms with Crippen molar-refractivity contribution in [1.82, 2.24) is 4.98 Å². The summed E-state index contributed by atoms with van der Waals surface area (Å²) in [5.41, 5.74) is 0.426. The molecule has 0 atom stereocenters. The van der Waals surface area contributed by atoms with E-state index in [9.17, 15) is 8.42 Å². The van der Waals surface area contributed by atoms with Crippen molar-refractivity contribution in [2.75, 3.05) is 5.32 Å². The van der Waals surface area contributed by atoms with Crippen molar-refractivity contribution in [2.45, 2.75) is 5.03 Å². The van der Waals surface area contributed by atoms with Crippen molar-refractivity contribution in [3.63, 3.8) is 0 Å². The molecule has 112 valence electrons. The topological polar surface area (TPSA) is 82.9 Å². The number of allylic oxidation sites excluding steroid dienone is 1. The first-order chi connectivity index (χ1) is 10.4. The number of nitriles is 1. The third kappa shape index (κ3) is 3.57. The SMILES string of the molecule is N#CC(=CNc1ccc(Cl)cc1Cl)S(=O)(=O)c1ccccn1. The van der Waals surface area contributed by atoms with Gasteiger partial charge in [0.2, 0.25) is 9.84 Å². The highest BCUT2D eigenvalue weighted by Crippen LogP contribution is 2.26. The van der Waals surface area contributed by atoms with Crippen molar-refractivity contribution in [1.29, 1.82) is 5.26 Å². The second-order valence-electron chi connectivity index (χ2n) is 4.06. The Morgan fingerprint density at radius 1 is 1.27 bits per heavy atom. The van der Waals surface area contributed by atoms with Gasteiger partial charge in [0.1, 0.15) is 6.07 Å². The summed E-state index contributed by atoms with van der Waals surface area (Å²) in [6.45, 7) is 0. The Morgan fingerprint density at radius 3 is 2.64 bits per heavy atom. The number of nitrogens with one attached hydrogen (secondary N) is 1. The van der Waals surface area contributed by atoms with E-state index >= 15 is 0 Å². The van der Waals surface area contributed by atoms with Gasteiger partial charge < -0.3 is 5.32 Å². The number of anilines is 1. The van der Waals surface area contributed by atoms with Gasteiger partial charge in [0, 0.05) is 17.4 Å². The first kappa shape index (κ1) is 16.3. The molecule has 1 aromatic heterocycles. The van der Waals surface area contributed by atoms with Gasteiger partial charge >= 0.3 is 0 Å². The van der Waals surface area contributed by atoms with Gasteiger partial charge in [-0.1, -0.05) is 29.3 Å². The summed E-state index contributed by atoms with van der Waals surface area (Å²) in [7, 11) is -3.99. The first-order valence-electron chi connectivity index (χ1n) is 5.93. The first-order valence-corrected chi connectivity index (χ1v) is 8.17. The maximum atomic E-state index is 12.3. The van der Waals surface area contributed by atoms with E-state index in [1.807, 2.05) is 0 Å². The number of halogens is 2. The number of hydrogen-bond acceptors (Lipinski definition) is 5. The van der Waals surface area contributed by atoms with Crippen LogP contribution in [0.25, 0.3) is 0 Å². The van der Waals surface area contributed by atoms with Crippen molar-refractivity contribution >= 4 is 38.7 Å². The summed E-state index contributed by atoms with van der Waals surface area (Å²) in [5.74, 6) is 0. The van der Waals surface area contributed by atoms with Crippen LogP contribution < -0.4 is 5.32 Å². The van der Waals surface area contributed by atoms with Crippen LogP contribution >= 0.6 is 23.2 Å². The molecule has 2 rings (SSSR count). The van der Waals surface area contributed by atoms with E-state index in [1.54, 1.807) is 24.3 Å². The summed E-state index contributed by atoms with van der Waals surface area (Å²) in [5, 5.41) is 12.3. The largest absolute Gasteiger partial charge is 0.359 e. The monoisotopic (exact) mass is 353 g/mol. The van der Waals surface area contributed by atoms with Crippen LogP contribution in [-0.4, -0.2) is 13.4 Å². The zero-order valence-electron chi connectivity index (χ0n) is 11.0. The minimum absolute atomic E-state index is 0.202.